The molecule has 0 aliphatic carbocycles. The molecule has 134 valence electrons. The van der Waals surface area contributed by atoms with Gasteiger partial charge in [0.2, 0.25) is 5.91 Å². The first-order chi connectivity index (χ1) is 13.2. The van der Waals surface area contributed by atoms with Gasteiger partial charge in [0.1, 0.15) is 5.75 Å². The van der Waals surface area contributed by atoms with Crippen LogP contribution in [-0.4, -0.2) is 11.7 Å². The Morgan fingerprint density at radius 3 is 2.41 bits per heavy atom. The molecular formula is C22H18N2O2S. The summed E-state index contributed by atoms with van der Waals surface area (Å²) in [6, 6.07) is 26.3. The third-order valence-electron chi connectivity index (χ3n) is 3.72. The van der Waals surface area contributed by atoms with Gasteiger partial charge in [0.15, 0.2) is 5.75 Å². The van der Waals surface area contributed by atoms with E-state index in [4.69, 9.17) is 10.00 Å². The monoisotopic (exact) mass is 374 g/mol. The zero-order valence-corrected chi connectivity index (χ0v) is 15.4. The molecule has 0 fully saturated rings. The standard InChI is InChI=1S/C22H18N2O2S/c23-14-17-10-12-18(13-11-17)15-27-16-22(25)24-20-8-4-5-9-21(20)26-19-6-2-1-3-7-19/h1-13H,15-16H2,(H,24,25). The van der Waals surface area contributed by atoms with Crippen LogP contribution in [0.2, 0.25) is 0 Å². The summed E-state index contributed by atoms with van der Waals surface area (Å²) in [6.07, 6.45) is 0. The van der Waals surface area contributed by atoms with Crippen molar-refractivity contribution in [2.45, 2.75) is 5.75 Å². The van der Waals surface area contributed by atoms with Crippen molar-refractivity contribution in [1.82, 2.24) is 0 Å². The first-order valence-electron chi connectivity index (χ1n) is 8.43. The molecule has 0 spiro atoms. The van der Waals surface area contributed by atoms with Crippen LogP contribution in [0, 0.1) is 11.3 Å². The van der Waals surface area contributed by atoms with Crippen LogP contribution in [0.1, 0.15) is 11.1 Å². The normalized spacial score (nSPS) is 10.0. The van der Waals surface area contributed by atoms with Gasteiger partial charge in [-0.25, -0.2) is 0 Å². The fourth-order valence-electron chi connectivity index (χ4n) is 2.40. The van der Waals surface area contributed by atoms with Crippen molar-refractivity contribution in [3.63, 3.8) is 0 Å². The molecule has 0 aliphatic heterocycles. The van der Waals surface area contributed by atoms with E-state index in [2.05, 4.69) is 11.4 Å². The van der Waals surface area contributed by atoms with Crippen LogP contribution in [0.15, 0.2) is 78.9 Å². The van der Waals surface area contributed by atoms with E-state index in [1.807, 2.05) is 66.7 Å². The first kappa shape index (κ1) is 18.6. The fraction of sp³-hybridized carbons (Fsp3) is 0.0909. The van der Waals surface area contributed by atoms with Crippen molar-refractivity contribution in [2.75, 3.05) is 11.1 Å². The third kappa shape index (κ3) is 5.63. The van der Waals surface area contributed by atoms with Crippen LogP contribution >= 0.6 is 11.8 Å². The van der Waals surface area contributed by atoms with Crippen molar-refractivity contribution in [2.24, 2.45) is 0 Å². The molecule has 1 N–H and O–H groups in total. The van der Waals surface area contributed by atoms with Gasteiger partial charge in [-0.05, 0) is 42.0 Å². The largest absolute Gasteiger partial charge is 0.455 e. The lowest BCUT2D eigenvalue weighted by atomic mass is 10.2. The molecule has 0 bridgehead atoms. The van der Waals surface area contributed by atoms with Gasteiger partial charge in [0.05, 0.1) is 23.1 Å². The molecule has 0 aromatic heterocycles. The van der Waals surface area contributed by atoms with E-state index in [0.717, 1.165) is 11.3 Å². The number of para-hydroxylation sites is 3. The summed E-state index contributed by atoms with van der Waals surface area (Å²) in [4.78, 5) is 12.3. The summed E-state index contributed by atoms with van der Waals surface area (Å²) in [5.41, 5.74) is 2.36. The smallest absolute Gasteiger partial charge is 0.234 e. The van der Waals surface area contributed by atoms with Gasteiger partial charge in [-0.1, -0.05) is 42.5 Å². The number of anilines is 1. The number of hydrogen-bond acceptors (Lipinski definition) is 4. The Morgan fingerprint density at radius 2 is 1.67 bits per heavy atom. The highest BCUT2D eigenvalue weighted by Gasteiger charge is 2.09. The van der Waals surface area contributed by atoms with E-state index in [-0.39, 0.29) is 5.91 Å². The van der Waals surface area contributed by atoms with Crippen LogP contribution in [0.25, 0.3) is 0 Å². The lowest BCUT2D eigenvalue weighted by molar-refractivity contribution is -0.113. The van der Waals surface area contributed by atoms with E-state index < -0.39 is 0 Å². The van der Waals surface area contributed by atoms with Gasteiger partial charge in [-0.3, -0.25) is 4.79 Å². The third-order valence-corrected chi connectivity index (χ3v) is 4.72. The number of amides is 1. The van der Waals surface area contributed by atoms with E-state index in [1.54, 1.807) is 12.1 Å². The van der Waals surface area contributed by atoms with Crippen LogP contribution in [-0.2, 0) is 10.5 Å². The van der Waals surface area contributed by atoms with Gasteiger partial charge in [0.25, 0.3) is 0 Å². The quantitative estimate of drug-likeness (QED) is 0.616. The number of ether oxygens (including phenoxy) is 1. The molecule has 1 amide bonds. The second-order valence-electron chi connectivity index (χ2n) is 5.76. The average Bonchev–Trinajstić information content (AvgIpc) is 2.71. The summed E-state index contributed by atoms with van der Waals surface area (Å²) >= 11 is 1.52. The number of hydrogen-bond donors (Lipinski definition) is 1. The topological polar surface area (TPSA) is 62.1 Å². The minimum absolute atomic E-state index is 0.0854. The van der Waals surface area contributed by atoms with Crippen molar-refractivity contribution < 1.29 is 9.53 Å². The molecule has 0 saturated carbocycles. The summed E-state index contributed by atoms with van der Waals surface area (Å²) < 4.78 is 5.86. The zero-order chi connectivity index (χ0) is 18.9. The molecule has 4 nitrogen and oxygen atoms in total. The number of nitriles is 1. The number of nitrogens with zero attached hydrogens (tertiary/aromatic N) is 1. The van der Waals surface area contributed by atoms with E-state index in [1.165, 1.54) is 11.8 Å². The number of carbonyl (C=O) groups is 1. The average molecular weight is 374 g/mol. The van der Waals surface area contributed by atoms with Crippen molar-refractivity contribution in [1.29, 1.82) is 5.26 Å². The van der Waals surface area contributed by atoms with Gasteiger partial charge < -0.3 is 10.1 Å². The highest BCUT2D eigenvalue weighted by atomic mass is 32.2. The van der Waals surface area contributed by atoms with E-state index in [9.17, 15) is 4.79 Å². The summed E-state index contributed by atoms with van der Waals surface area (Å²) in [5.74, 6) is 2.28. The lowest BCUT2D eigenvalue weighted by Crippen LogP contribution is -2.14. The number of rotatable bonds is 7. The SMILES string of the molecule is N#Cc1ccc(CSCC(=O)Nc2ccccc2Oc2ccccc2)cc1. The molecule has 0 radical (unpaired) electrons. The predicted octanol–water partition coefficient (Wildman–Crippen LogP) is 5.22. The lowest BCUT2D eigenvalue weighted by Gasteiger charge is -2.12. The van der Waals surface area contributed by atoms with Crippen LogP contribution < -0.4 is 10.1 Å². The first-order valence-corrected chi connectivity index (χ1v) is 9.58. The van der Waals surface area contributed by atoms with E-state index >= 15 is 0 Å². The van der Waals surface area contributed by atoms with Crippen LogP contribution in [0.4, 0.5) is 5.69 Å². The van der Waals surface area contributed by atoms with Gasteiger partial charge in [-0.15, -0.1) is 11.8 Å². The van der Waals surface area contributed by atoms with Crippen molar-refractivity contribution >= 4 is 23.4 Å². The number of benzene rings is 3. The number of thioether (sulfide) groups is 1. The Balaban J connectivity index is 1.54. The van der Waals surface area contributed by atoms with E-state index in [0.29, 0.717) is 28.5 Å². The molecule has 3 aromatic rings. The molecule has 3 rings (SSSR count). The fourth-order valence-corrected chi connectivity index (χ4v) is 3.19. The predicted molar refractivity (Wildman–Crippen MR) is 109 cm³/mol. The van der Waals surface area contributed by atoms with Crippen molar-refractivity contribution in [3.8, 4) is 17.6 Å². The molecule has 0 unspecified atom stereocenters. The minimum atomic E-state index is -0.0854. The molecule has 0 saturated heterocycles. The Kier molecular flexibility index (Phi) is 6.50. The molecule has 3 aromatic carbocycles. The second kappa shape index (κ2) is 9.46. The molecule has 5 heteroatoms. The maximum atomic E-state index is 12.3. The Morgan fingerprint density at radius 1 is 0.963 bits per heavy atom. The summed E-state index contributed by atoms with van der Waals surface area (Å²) in [5, 5.41) is 11.7. The highest BCUT2D eigenvalue weighted by Crippen LogP contribution is 2.29. The molecule has 0 heterocycles. The zero-order valence-electron chi connectivity index (χ0n) is 14.6. The summed E-state index contributed by atoms with van der Waals surface area (Å²) in [7, 11) is 0. The molecule has 0 aliphatic rings. The highest BCUT2D eigenvalue weighted by molar-refractivity contribution is 7.99. The molecule has 27 heavy (non-hydrogen) atoms. The minimum Gasteiger partial charge on any atom is -0.455 e. The Labute approximate surface area is 162 Å². The van der Waals surface area contributed by atoms with Crippen LogP contribution in [0.5, 0.6) is 11.5 Å². The van der Waals surface area contributed by atoms with Crippen molar-refractivity contribution in [3.05, 3.63) is 90.0 Å². The Hall–Kier alpha value is -3.23. The maximum Gasteiger partial charge on any atom is 0.234 e. The van der Waals surface area contributed by atoms with Gasteiger partial charge in [-0.2, -0.15) is 5.26 Å². The molecule has 0 atom stereocenters. The number of carbonyl (C=O) groups excluding carboxylic acids is 1. The molecular weight excluding hydrogens is 356 g/mol. The Bertz CT molecular complexity index is 935. The number of nitrogens with one attached hydrogen (secondary N) is 1. The van der Waals surface area contributed by atoms with Gasteiger partial charge in [0, 0.05) is 5.75 Å². The second-order valence-corrected chi connectivity index (χ2v) is 6.75. The van der Waals surface area contributed by atoms with Gasteiger partial charge >= 0.3 is 0 Å². The maximum absolute atomic E-state index is 12.3. The van der Waals surface area contributed by atoms with Crippen LogP contribution in [0.3, 0.4) is 0 Å². The summed E-state index contributed by atoms with van der Waals surface area (Å²) in [6.45, 7) is 0.